The Morgan fingerprint density at radius 1 is 1.14 bits per heavy atom. The van der Waals surface area contributed by atoms with E-state index in [9.17, 15) is 18.0 Å². The first-order valence-electron chi connectivity index (χ1n) is 5.81. The minimum absolute atomic E-state index is 0.0517. The molecule has 0 amide bonds. The van der Waals surface area contributed by atoms with E-state index in [4.69, 9.17) is 0 Å². The number of nitrogens with zero attached hydrogens (tertiary/aromatic N) is 1. The number of hydrogen-bond donors (Lipinski definition) is 0. The van der Waals surface area contributed by atoms with Crippen LogP contribution in [0.1, 0.15) is 10.4 Å². The van der Waals surface area contributed by atoms with Crippen LogP contribution in [-0.4, -0.2) is 24.4 Å². The fraction of sp³-hybridized carbons (Fsp3) is 0.143. The number of alkyl halides is 3. The molecule has 1 aromatic carbocycles. The van der Waals surface area contributed by atoms with Gasteiger partial charge in [0, 0.05) is 11.8 Å². The van der Waals surface area contributed by atoms with Crippen molar-refractivity contribution in [3.05, 3.63) is 48.2 Å². The van der Waals surface area contributed by atoms with Crippen molar-refractivity contribution in [3.8, 4) is 17.0 Å². The largest absolute Gasteiger partial charge is 0.573 e. The number of benzene rings is 1. The van der Waals surface area contributed by atoms with Crippen LogP contribution in [0.2, 0.25) is 0 Å². The van der Waals surface area contributed by atoms with Crippen molar-refractivity contribution in [3.63, 3.8) is 0 Å². The number of aromatic nitrogens is 1. The molecule has 4 nitrogen and oxygen atoms in total. The quantitative estimate of drug-likeness (QED) is 0.814. The molecule has 1 heterocycles. The van der Waals surface area contributed by atoms with Gasteiger partial charge in [-0.05, 0) is 24.3 Å². The number of para-hydroxylation sites is 1. The lowest BCUT2D eigenvalue weighted by atomic mass is 10.0. The Morgan fingerprint density at radius 3 is 2.52 bits per heavy atom. The molecule has 110 valence electrons. The highest BCUT2D eigenvalue weighted by Gasteiger charge is 2.32. The molecule has 21 heavy (non-hydrogen) atoms. The average molecular weight is 297 g/mol. The van der Waals surface area contributed by atoms with Crippen LogP contribution in [0, 0.1) is 0 Å². The van der Waals surface area contributed by atoms with E-state index in [1.807, 2.05) is 0 Å². The Labute approximate surface area is 118 Å². The summed E-state index contributed by atoms with van der Waals surface area (Å²) < 4.78 is 45.8. The molecule has 0 unspecified atom stereocenters. The fourth-order valence-electron chi connectivity index (χ4n) is 1.77. The zero-order chi connectivity index (χ0) is 15.5. The maximum Gasteiger partial charge on any atom is 0.573 e. The average Bonchev–Trinajstić information content (AvgIpc) is 2.45. The smallest absolute Gasteiger partial charge is 0.465 e. The van der Waals surface area contributed by atoms with Crippen molar-refractivity contribution in [2.75, 3.05) is 7.11 Å². The summed E-state index contributed by atoms with van der Waals surface area (Å²) in [7, 11) is 1.18. The Morgan fingerprint density at radius 2 is 1.86 bits per heavy atom. The number of halogens is 3. The number of esters is 1. The van der Waals surface area contributed by atoms with E-state index in [-0.39, 0.29) is 16.8 Å². The summed E-state index contributed by atoms with van der Waals surface area (Å²) in [5, 5.41) is 0. The Balaban J connectivity index is 2.55. The van der Waals surface area contributed by atoms with E-state index in [2.05, 4.69) is 14.5 Å². The van der Waals surface area contributed by atoms with Gasteiger partial charge >= 0.3 is 12.3 Å². The molecule has 0 fully saturated rings. The van der Waals surface area contributed by atoms with Gasteiger partial charge in [0.2, 0.25) is 0 Å². The molecule has 0 aliphatic heterocycles. The highest BCUT2D eigenvalue weighted by molar-refractivity contribution is 5.96. The predicted molar refractivity (Wildman–Crippen MR) is 67.7 cm³/mol. The molecule has 1 aromatic heterocycles. The van der Waals surface area contributed by atoms with Gasteiger partial charge in [-0.3, -0.25) is 4.98 Å². The summed E-state index contributed by atoms with van der Waals surface area (Å²) in [4.78, 5) is 15.6. The molecule has 7 heteroatoms. The van der Waals surface area contributed by atoms with Crippen molar-refractivity contribution in [1.82, 2.24) is 4.98 Å². The van der Waals surface area contributed by atoms with Gasteiger partial charge in [0.05, 0.1) is 18.4 Å². The van der Waals surface area contributed by atoms with Crippen LogP contribution in [-0.2, 0) is 4.74 Å². The number of pyridine rings is 1. The van der Waals surface area contributed by atoms with Crippen molar-refractivity contribution < 1.29 is 27.4 Å². The first-order chi connectivity index (χ1) is 9.92. The molecule has 0 saturated carbocycles. The molecular weight excluding hydrogens is 287 g/mol. The lowest BCUT2D eigenvalue weighted by Crippen LogP contribution is -2.18. The lowest BCUT2D eigenvalue weighted by Gasteiger charge is -2.14. The third-order valence-corrected chi connectivity index (χ3v) is 2.58. The van der Waals surface area contributed by atoms with Crippen molar-refractivity contribution >= 4 is 5.97 Å². The summed E-state index contributed by atoms with van der Waals surface area (Å²) in [6, 6.07) is 8.36. The molecule has 0 saturated heterocycles. The summed E-state index contributed by atoms with van der Waals surface area (Å²) in [6.45, 7) is 0. The van der Waals surface area contributed by atoms with Gasteiger partial charge < -0.3 is 9.47 Å². The zero-order valence-electron chi connectivity index (χ0n) is 10.8. The van der Waals surface area contributed by atoms with Gasteiger partial charge in [0.1, 0.15) is 5.75 Å². The predicted octanol–water partition coefficient (Wildman–Crippen LogP) is 3.43. The van der Waals surface area contributed by atoms with Crippen LogP contribution >= 0.6 is 0 Å². The second-order valence-electron chi connectivity index (χ2n) is 3.94. The maximum absolute atomic E-state index is 12.4. The van der Waals surface area contributed by atoms with Gasteiger partial charge in [0.25, 0.3) is 0 Å². The molecule has 0 aliphatic carbocycles. The van der Waals surface area contributed by atoms with Gasteiger partial charge in [-0.15, -0.1) is 13.2 Å². The van der Waals surface area contributed by atoms with Crippen molar-refractivity contribution in [2.45, 2.75) is 6.36 Å². The minimum Gasteiger partial charge on any atom is -0.465 e. The topological polar surface area (TPSA) is 48.4 Å². The number of rotatable bonds is 3. The Hall–Kier alpha value is -2.57. The molecule has 0 radical (unpaired) electrons. The Bertz CT molecular complexity index is 656. The summed E-state index contributed by atoms with van der Waals surface area (Å²) >= 11 is 0. The zero-order valence-corrected chi connectivity index (χ0v) is 10.8. The molecule has 0 atom stereocenters. The summed E-state index contributed by atoms with van der Waals surface area (Å²) in [5.74, 6) is -1.13. The third kappa shape index (κ3) is 3.50. The van der Waals surface area contributed by atoms with Gasteiger partial charge in [0.15, 0.2) is 0 Å². The summed E-state index contributed by atoms with van der Waals surface area (Å²) in [5.41, 5.74) is 0.165. The molecule has 2 aromatic rings. The number of hydrogen-bond acceptors (Lipinski definition) is 4. The third-order valence-electron chi connectivity index (χ3n) is 2.58. The van der Waals surface area contributed by atoms with Crippen molar-refractivity contribution in [1.29, 1.82) is 0 Å². The van der Waals surface area contributed by atoms with Crippen LogP contribution in [0.4, 0.5) is 13.2 Å². The summed E-state index contributed by atoms with van der Waals surface area (Å²) in [6.07, 6.45) is -3.47. The van der Waals surface area contributed by atoms with Crippen LogP contribution in [0.5, 0.6) is 5.75 Å². The molecular formula is C14H10F3NO3. The molecule has 2 rings (SSSR count). The SMILES string of the molecule is COC(=O)c1cccnc1-c1ccccc1OC(F)(F)F. The molecule has 0 spiro atoms. The van der Waals surface area contributed by atoms with Gasteiger partial charge in [-0.2, -0.15) is 0 Å². The van der Waals surface area contributed by atoms with Crippen LogP contribution < -0.4 is 4.74 Å². The first-order valence-corrected chi connectivity index (χ1v) is 5.81. The fourth-order valence-corrected chi connectivity index (χ4v) is 1.77. The van der Waals surface area contributed by atoms with E-state index >= 15 is 0 Å². The van der Waals surface area contributed by atoms with E-state index in [0.29, 0.717) is 0 Å². The lowest BCUT2D eigenvalue weighted by molar-refractivity contribution is -0.274. The second-order valence-corrected chi connectivity index (χ2v) is 3.94. The normalized spacial score (nSPS) is 11.0. The maximum atomic E-state index is 12.4. The monoisotopic (exact) mass is 297 g/mol. The standard InChI is InChI=1S/C14H10F3NO3/c1-20-13(19)10-6-4-8-18-12(10)9-5-2-3-7-11(9)21-14(15,16)17/h2-8H,1H3. The number of ether oxygens (including phenoxy) is 2. The van der Waals surface area contributed by atoms with E-state index < -0.39 is 18.1 Å². The number of methoxy groups -OCH3 is 1. The van der Waals surface area contributed by atoms with Gasteiger partial charge in [-0.25, -0.2) is 4.79 Å². The number of carbonyl (C=O) groups is 1. The molecule has 0 N–H and O–H groups in total. The number of carbonyl (C=O) groups excluding carboxylic acids is 1. The van der Waals surface area contributed by atoms with Crippen LogP contribution in [0.3, 0.4) is 0 Å². The highest BCUT2D eigenvalue weighted by atomic mass is 19.4. The van der Waals surface area contributed by atoms with Crippen LogP contribution in [0.25, 0.3) is 11.3 Å². The molecule has 0 bridgehead atoms. The molecule has 0 aliphatic rings. The van der Waals surface area contributed by atoms with E-state index in [1.165, 1.54) is 43.6 Å². The second kappa shape index (κ2) is 5.82. The first kappa shape index (κ1) is 14.8. The van der Waals surface area contributed by atoms with Gasteiger partial charge in [-0.1, -0.05) is 12.1 Å². The Kier molecular flexibility index (Phi) is 4.11. The minimum atomic E-state index is -4.84. The van der Waals surface area contributed by atoms with E-state index in [0.717, 1.165) is 6.07 Å². The highest BCUT2D eigenvalue weighted by Crippen LogP contribution is 2.34. The van der Waals surface area contributed by atoms with Crippen molar-refractivity contribution in [2.24, 2.45) is 0 Å². The van der Waals surface area contributed by atoms with Crippen LogP contribution in [0.15, 0.2) is 42.6 Å². The van der Waals surface area contributed by atoms with E-state index in [1.54, 1.807) is 0 Å².